The molecule has 2 atom stereocenters. The Labute approximate surface area is 316 Å². The zero-order valence-corrected chi connectivity index (χ0v) is 31.5. The summed E-state index contributed by atoms with van der Waals surface area (Å²) in [5.74, 6) is -0.290. The number of hydrogen-bond donors (Lipinski definition) is 7. The van der Waals surface area contributed by atoms with E-state index in [9.17, 15) is 19.5 Å². The van der Waals surface area contributed by atoms with Gasteiger partial charge in [0.15, 0.2) is 6.04 Å². The number of rotatable bonds is 21. The number of carbonyl (C=O) groups excluding carboxylic acids is 3. The lowest BCUT2D eigenvalue weighted by Crippen LogP contribution is -2.50. The van der Waals surface area contributed by atoms with E-state index in [0.29, 0.717) is 38.4 Å². The second-order valence-electron chi connectivity index (χ2n) is 14.2. The average molecular weight is 751 g/mol. The van der Waals surface area contributed by atoms with Gasteiger partial charge in [-0.15, -0.1) is 5.10 Å². The maximum atomic E-state index is 12.9. The summed E-state index contributed by atoms with van der Waals surface area (Å²) in [7, 11) is 1.16. The molecule has 1 saturated heterocycles. The van der Waals surface area contributed by atoms with Gasteiger partial charge in [0.2, 0.25) is 17.8 Å². The van der Waals surface area contributed by atoms with Crippen LogP contribution < -0.4 is 32.3 Å². The highest BCUT2D eigenvalue weighted by Gasteiger charge is 2.27. The smallest absolute Gasteiger partial charge is 0.330 e. The van der Waals surface area contributed by atoms with Crippen LogP contribution >= 0.6 is 0 Å². The Morgan fingerprint density at radius 2 is 1.78 bits per heavy atom. The lowest BCUT2D eigenvalue weighted by Gasteiger charge is -2.33. The van der Waals surface area contributed by atoms with Crippen molar-refractivity contribution < 1.29 is 24.2 Å². The molecule has 1 aliphatic carbocycles. The number of ether oxygens (including phenoxy) is 1. The highest BCUT2D eigenvalue weighted by atomic mass is 16.5. The molecule has 17 heteroatoms. The van der Waals surface area contributed by atoms with Gasteiger partial charge >= 0.3 is 5.97 Å². The SMILES string of the molecule is COC(=O)[C@H](CO)NC(=O)[C@@H](N)CCC(=O)N1CCC(Nc2nc(NCc3cn(CCCNCCCNC4CCCCC4)nn3)nc3ccccc23)CC1. The number of para-hydroxylation sites is 1. The van der Waals surface area contributed by atoms with Crippen molar-refractivity contribution in [2.45, 2.75) is 108 Å². The molecule has 17 nitrogen and oxygen atoms in total. The molecule has 2 fully saturated rings. The fourth-order valence-electron chi connectivity index (χ4n) is 6.92. The molecule has 3 heterocycles. The first-order valence-corrected chi connectivity index (χ1v) is 19.5. The Balaban J connectivity index is 1.02. The molecule has 0 unspecified atom stereocenters. The number of piperidine rings is 1. The van der Waals surface area contributed by atoms with Crippen molar-refractivity contribution >= 4 is 40.5 Å². The maximum absolute atomic E-state index is 12.9. The van der Waals surface area contributed by atoms with E-state index >= 15 is 0 Å². The van der Waals surface area contributed by atoms with Crippen LogP contribution in [0.5, 0.6) is 0 Å². The van der Waals surface area contributed by atoms with Crippen LogP contribution in [-0.4, -0.2) is 123 Å². The monoisotopic (exact) mass is 750 g/mol. The molecular formula is C37H58N12O5. The number of fused-ring (bicyclic) bond motifs is 1. The number of aliphatic hydroxyl groups excluding tert-OH is 1. The maximum Gasteiger partial charge on any atom is 0.330 e. The number of methoxy groups -OCH3 is 1. The normalized spacial score (nSPS) is 16.5. The minimum Gasteiger partial charge on any atom is -0.467 e. The van der Waals surface area contributed by atoms with Crippen molar-refractivity contribution in [2.75, 3.05) is 57.1 Å². The molecule has 8 N–H and O–H groups in total. The van der Waals surface area contributed by atoms with Gasteiger partial charge in [-0.3, -0.25) is 14.3 Å². The minimum atomic E-state index is -1.20. The van der Waals surface area contributed by atoms with Gasteiger partial charge in [0.05, 0.1) is 38.0 Å². The third kappa shape index (κ3) is 12.6. The van der Waals surface area contributed by atoms with Crippen molar-refractivity contribution in [3.63, 3.8) is 0 Å². The van der Waals surface area contributed by atoms with Crippen LogP contribution in [0.1, 0.15) is 76.3 Å². The Hall–Kier alpha value is -4.45. The van der Waals surface area contributed by atoms with Crippen LogP contribution in [0, 0.1) is 0 Å². The Bertz CT molecular complexity index is 1630. The molecule has 2 aromatic heterocycles. The predicted molar refractivity (Wildman–Crippen MR) is 205 cm³/mol. The van der Waals surface area contributed by atoms with Gasteiger partial charge in [-0.2, -0.15) is 4.98 Å². The predicted octanol–water partition coefficient (Wildman–Crippen LogP) is 1.29. The molecule has 0 spiro atoms. The van der Waals surface area contributed by atoms with Gasteiger partial charge in [-0.1, -0.05) is 36.6 Å². The van der Waals surface area contributed by atoms with E-state index in [-0.39, 0.29) is 24.8 Å². The Morgan fingerprint density at radius 3 is 2.56 bits per heavy atom. The van der Waals surface area contributed by atoms with Crippen LogP contribution in [0.3, 0.4) is 0 Å². The van der Waals surface area contributed by atoms with E-state index < -0.39 is 30.6 Å². The largest absolute Gasteiger partial charge is 0.467 e. The van der Waals surface area contributed by atoms with Gasteiger partial charge in [-0.05, 0) is 76.7 Å². The molecule has 296 valence electrons. The summed E-state index contributed by atoms with van der Waals surface area (Å²) in [6, 6.07) is 6.45. The number of carbonyl (C=O) groups is 3. The number of aryl methyl sites for hydroxylation is 1. The molecule has 3 aromatic rings. The van der Waals surface area contributed by atoms with Crippen LogP contribution in [0.15, 0.2) is 30.5 Å². The molecule has 54 heavy (non-hydrogen) atoms. The quantitative estimate of drug-likeness (QED) is 0.0602. The zero-order chi connectivity index (χ0) is 38.1. The van der Waals surface area contributed by atoms with E-state index in [1.807, 2.05) is 35.1 Å². The molecular weight excluding hydrogens is 692 g/mol. The number of aliphatic hydroxyl groups is 1. The van der Waals surface area contributed by atoms with Gasteiger partial charge in [-0.25, -0.2) is 9.78 Å². The first-order chi connectivity index (χ1) is 26.3. The lowest BCUT2D eigenvalue weighted by atomic mass is 9.95. The summed E-state index contributed by atoms with van der Waals surface area (Å²) in [6.07, 6.45) is 12.5. The summed E-state index contributed by atoms with van der Waals surface area (Å²) in [5, 5.41) is 35.4. The third-order valence-corrected chi connectivity index (χ3v) is 10.1. The van der Waals surface area contributed by atoms with Crippen LogP contribution in [-0.2, 0) is 32.2 Å². The first-order valence-electron chi connectivity index (χ1n) is 19.5. The molecule has 1 aromatic carbocycles. The van der Waals surface area contributed by atoms with Gasteiger partial charge in [0.25, 0.3) is 0 Å². The standard InChI is InChI=1S/C37H58N12O5/c1-54-36(53)32(25-50)43-35(52)30(38)13-14-33(51)48-21-15-27(16-22-48)42-34-29-11-5-6-12-31(29)44-37(45-34)41-23-28-24-49(47-46-28)20-8-18-39-17-7-19-40-26-9-3-2-4-10-26/h5-6,11-12,24,26-27,30,32,39-40,50H,2-4,7-10,13-23,25,38H2,1H3,(H,43,52)(H2,41,42,44,45)/t30-,32-/m0/s1. The molecule has 5 rings (SSSR count). The summed E-state index contributed by atoms with van der Waals surface area (Å²) in [5.41, 5.74) is 7.57. The number of anilines is 2. The summed E-state index contributed by atoms with van der Waals surface area (Å²) >= 11 is 0. The lowest BCUT2D eigenvalue weighted by molar-refractivity contribution is -0.146. The van der Waals surface area contributed by atoms with E-state index in [1.54, 1.807) is 4.90 Å². The van der Waals surface area contributed by atoms with Crippen molar-refractivity contribution in [2.24, 2.45) is 5.73 Å². The minimum absolute atomic E-state index is 0.0869. The van der Waals surface area contributed by atoms with Crippen molar-refractivity contribution in [1.82, 2.24) is 45.8 Å². The van der Waals surface area contributed by atoms with Crippen LogP contribution in [0.4, 0.5) is 11.8 Å². The van der Waals surface area contributed by atoms with Crippen molar-refractivity contribution in [3.05, 3.63) is 36.2 Å². The van der Waals surface area contributed by atoms with E-state index in [4.69, 9.17) is 15.7 Å². The average Bonchev–Trinajstić information content (AvgIpc) is 3.67. The number of likely N-dealkylation sites (tertiary alicyclic amines) is 1. The number of nitrogens with two attached hydrogens (primary N) is 1. The fourth-order valence-corrected chi connectivity index (χ4v) is 6.92. The molecule has 1 saturated carbocycles. The second-order valence-corrected chi connectivity index (χ2v) is 14.2. The third-order valence-electron chi connectivity index (χ3n) is 10.1. The Morgan fingerprint density at radius 1 is 1.00 bits per heavy atom. The fraction of sp³-hybridized carbons (Fsp3) is 0.649. The zero-order valence-electron chi connectivity index (χ0n) is 31.5. The molecule has 0 bridgehead atoms. The van der Waals surface area contributed by atoms with E-state index in [2.05, 4.69) is 41.6 Å². The number of amides is 2. The number of hydrogen-bond acceptors (Lipinski definition) is 14. The molecule has 1 aliphatic heterocycles. The molecule has 2 aliphatic rings. The number of benzene rings is 1. The number of esters is 1. The number of nitrogens with zero attached hydrogens (tertiary/aromatic N) is 6. The summed E-state index contributed by atoms with van der Waals surface area (Å²) < 4.78 is 6.43. The van der Waals surface area contributed by atoms with Gasteiger partial charge in [0, 0.05) is 43.5 Å². The van der Waals surface area contributed by atoms with Crippen molar-refractivity contribution in [3.8, 4) is 0 Å². The highest BCUT2D eigenvalue weighted by molar-refractivity contribution is 5.90. The molecule has 2 amide bonds. The topological polar surface area (TPSA) is 227 Å². The second kappa shape index (κ2) is 21.4. The summed E-state index contributed by atoms with van der Waals surface area (Å²) in [4.78, 5) is 48.3. The van der Waals surface area contributed by atoms with Gasteiger partial charge < -0.3 is 47.1 Å². The van der Waals surface area contributed by atoms with Crippen molar-refractivity contribution in [1.29, 1.82) is 0 Å². The van der Waals surface area contributed by atoms with Crippen LogP contribution in [0.25, 0.3) is 10.9 Å². The number of aromatic nitrogens is 5. The van der Waals surface area contributed by atoms with E-state index in [0.717, 1.165) is 74.6 Å². The molecule has 0 radical (unpaired) electrons. The number of nitrogens with one attached hydrogen (secondary N) is 5. The summed E-state index contributed by atoms with van der Waals surface area (Å²) in [6.45, 7) is 4.74. The van der Waals surface area contributed by atoms with Crippen LogP contribution in [0.2, 0.25) is 0 Å². The highest BCUT2D eigenvalue weighted by Crippen LogP contribution is 2.25. The Kier molecular flexibility index (Phi) is 16.2. The van der Waals surface area contributed by atoms with Gasteiger partial charge in [0.1, 0.15) is 11.5 Å². The first kappa shape index (κ1) is 40.7. The van der Waals surface area contributed by atoms with E-state index in [1.165, 1.54) is 32.1 Å².